The molecule has 28 heavy (non-hydrogen) atoms. The Balaban J connectivity index is 1.76. The second kappa shape index (κ2) is 11.0. The zero-order valence-corrected chi connectivity index (χ0v) is 16.7. The van der Waals surface area contributed by atoms with Gasteiger partial charge in [-0.05, 0) is 54.7 Å². The van der Waals surface area contributed by atoms with E-state index in [9.17, 15) is 9.59 Å². The van der Waals surface area contributed by atoms with Gasteiger partial charge in [-0.1, -0.05) is 39.0 Å². The highest BCUT2D eigenvalue weighted by Gasteiger charge is 2.09. The predicted molar refractivity (Wildman–Crippen MR) is 108 cm³/mol. The Kier molecular flexibility index (Phi) is 8.34. The second-order valence-corrected chi connectivity index (χ2v) is 6.85. The summed E-state index contributed by atoms with van der Waals surface area (Å²) in [5, 5.41) is 0. The van der Waals surface area contributed by atoms with Crippen LogP contribution in [0.3, 0.4) is 0 Å². The minimum absolute atomic E-state index is 0.190. The number of ether oxygens (including phenoxy) is 2. The highest BCUT2D eigenvalue weighted by molar-refractivity contribution is 5.95. The number of carbonyl (C=O) groups excluding carboxylic acids is 2. The molecule has 150 valence electrons. The maximum Gasteiger partial charge on any atom is 0.276 e. The quantitative estimate of drug-likeness (QED) is 0.649. The summed E-state index contributed by atoms with van der Waals surface area (Å²) in [5.74, 6) is 0.907. The summed E-state index contributed by atoms with van der Waals surface area (Å²) < 4.78 is 11.1. The molecule has 2 rings (SSSR count). The minimum Gasteiger partial charge on any atom is -0.494 e. The summed E-state index contributed by atoms with van der Waals surface area (Å²) in [6, 6.07) is 14.4. The van der Waals surface area contributed by atoms with E-state index in [1.54, 1.807) is 24.3 Å². The van der Waals surface area contributed by atoms with E-state index in [0.717, 1.165) is 12.8 Å². The van der Waals surface area contributed by atoms with Gasteiger partial charge in [0.15, 0.2) is 6.61 Å². The molecule has 0 aliphatic carbocycles. The molecule has 2 amide bonds. The van der Waals surface area contributed by atoms with Crippen molar-refractivity contribution in [3.05, 3.63) is 59.7 Å². The number of hydrogen-bond donors (Lipinski definition) is 2. The van der Waals surface area contributed by atoms with Gasteiger partial charge in [-0.3, -0.25) is 20.4 Å². The molecule has 0 aliphatic heterocycles. The van der Waals surface area contributed by atoms with E-state index in [2.05, 4.69) is 31.6 Å². The maximum atomic E-state index is 12.2. The van der Waals surface area contributed by atoms with Crippen molar-refractivity contribution < 1.29 is 19.1 Å². The average molecular weight is 384 g/mol. The normalized spacial score (nSPS) is 10.4. The third-order valence-electron chi connectivity index (χ3n) is 4.08. The molecule has 6 nitrogen and oxygen atoms in total. The first-order chi connectivity index (χ1) is 13.5. The van der Waals surface area contributed by atoms with Crippen LogP contribution in [0.15, 0.2) is 48.5 Å². The molecular formula is C22H28N2O4. The first kappa shape index (κ1) is 21.3. The third kappa shape index (κ3) is 7.31. The Morgan fingerprint density at radius 1 is 0.964 bits per heavy atom. The molecule has 2 N–H and O–H groups in total. The number of nitrogens with one attached hydrogen (secondary N) is 2. The highest BCUT2D eigenvalue weighted by Crippen LogP contribution is 2.14. The fraction of sp³-hybridized carbons (Fsp3) is 0.364. The van der Waals surface area contributed by atoms with Gasteiger partial charge in [-0.25, -0.2) is 0 Å². The van der Waals surface area contributed by atoms with E-state index in [4.69, 9.17) is 9.47 Å². The molecule has 0 bridgehead atoms. The van der Waals surface area contributed by atoms with Crippen molar-refractivity contribution in [2.45, 2.75) is 33.6 Å². The van der Waals surface area contributed by atoms with Crippen molar-refractivity contribution in [2.75, 3.05) is 13.2 Å². The molecule has 0 fully saturated rings. The molecule has 6 heteroatoms. The number of aryl methyl sites for hydroxylation is 1. The molecule has 0 saturated heterocycles. The van der Waals surface area contributed by atoms with E-state index in [1.807, 2.05) is 24.3 Å². The van der Waals surface area contributed by atoms with Crippen molar-refractivity contribution in [3.8, 4) is 11.5 Å². The van der Waals surface area contributed by atoms with E-state index >= 15 is 0 Å². The van der Waals surface area contributed by atoms with Gasteiger partial charge >= 0.3 is 0 Å². The molecule has 2 aromatic carbocycles. The van der Waals surface area contributed by atoms with Crippen LogP contribution in [0, 0.1) is 5.92 Å². The Morgan fingerprint density at radius 2 is 1.71 bits per heavy atom. The standard InChI is InChI=1S/C22H28N2O4/c1-4-17-8-10-19(11-9-17)28-15-21(25)23-24-22(26)18-6-5-7-20(14-18)27-13-12-16(2)3/h5-11,14,16H,4,12-13,15H2,1-3H3,(H,23,25)(H,24,26). The highest BCUT2D eigenvalue weighted by atomic mass is 16.5. The van der Waals surface area contributed by atoms with Gasteiger partial charge < -0.3 is 9.47 Å². The van der Waals surface area contributed by atoms with Crippen molar-refractivity contribution in [1.29, 1.82) is 0 Å². The lowest BCUT2D eigenvalue weighted by Gasteiger charge is -2.11. The number of amides is 2. The van der Waals surface area contributed by atoms with E-state index in [0.29, 0.717) is 29.6 Å². The van der Waals surface area contributed by atoms with Crippen molar-refractivity contribution in [2.24, 2.45) is 5.92 Å². The second-order valence-electron chi connectivity index (χ2n) is 6.85. The molecule has 0 aromatic heterocycles. The molecule has 0 atom stereocenters. The minimum atomic E-state index is -0.447. The fourth-order valence-electron chi connectivity index (χ4n) is 2.34. The lowest BCUT2D eigenvalue weighted by Crippen LogP contribution is -2.43. The Bertz CT molecular complexity index is 772. The summed E-state index contributed by atoms with van der Waals surface area (Å²) in [7, 11) is 0. The number of hydrazine groups is 1. The monoisotopic (exact) mass is 384 g/mol. The molecular weight excluding hydrogens is 356 g/mol. The molecule has 0 radical (unpaired) electrons. The number of carbonyl (C=O) groups is 2. The van der Waals surface area contributed by atoms with Crippen LogP contribution >= 0.6 is 0 Å². The maximum absolute atomic E-state index is 12.2. The lowest BCUT2D eigenvalue weighted by atomic mass is 10.1. The van der Waals surface area contributed by atoms with Gasteiger partial charge in [0.1, 0.15) is 11.5 Å². The SMILES string of the molecule is CCc1ccc(OCC(=O)NNC(=O)c2cccc(OCCC(C)C)c2)cc1. The zero-order chi connectivity index (χ0) is 20.4. The first-order valence-electron chi connectivity index (χ1n) is 9.51. The van der Waals surface area contributed by atoms with Crippen LogP contribution in [-0.2, 0) is 11.2 Å². The number of rotatable bonds is 9. The molecule has 0 spiro atoms. The third-order valence-corrected chi connectivity index (χ3v) is 4.08. The summed E-state index contributed by atoms with van der Waals surface area (Å²) in [4.78, 5) is 24.1. The van der Waals surface area contributed by atoms with Crippen LogP contribution in [0.2, 0.25) is 0 Å². The first-order valence-corrected chi connectivity index (χ1v) is 9.51. The average Bonchev–Trinajstić information content (AvgIpc) is 2.70. The Morgan fingerprint density at radius 3 is 2.39 bits per heavy atom. The molecule has 0 aliphatic rings. The van der Waals surface area contributed by atoms with Crippen LogP contribution in [0.1, 0.15) is 43.1 Å². The number of benzene rings is 2. The van der Waals surface area contributed by atoms with Crippen LogP contribution in [0.25, 0.3) is 0 Å². The molecule has 2 aromatic rings. The van der Waals surface area contributed by atoms with Gasteiger partial charge in [0.05, 0.1) is 6.61 Å². The zero-order valence-electron chi connectivity index (χ0n) is 16.7. The predicted octanol–water partition coefficient (Wildman–Crippen LogP) is 3.51. The van der Waals surface area contributed by atoms with Crippen molar-refractivity contribution in [3.63, 3.8) is 0 Å². The van der Waals surface area contributed by atoms with Gasteiger partial charge in [0.2, 0.25) is 0 Å². The van der Waals surface area contributed by atoms with Crippen LogP contribution < -0.4 is 20.3 Å². The van der Waals surface area contributed by atoms with E-state index in [1.165, 1.54) is 5.56 Å². The smallest absolute Gasteiger partial charge is 0.276 e. The lowest BCUT2D eigenvalue weighted by molar-refractivity contribution is -0.123. The fourth-order valence-corrected chi connectivity index (χ4v) is 2.34. The van der Waals surface area contributed by atoms with E-state index in [-0.39, 0.29) is 6.61 Å². The van der Waals surface area contributed by atoms with E-state index < -0.39 is 11.8 Å². The largest absolute Gasteiger partial charge is 0.494 e. The van der Waals surface area contributed by atoms with Gasteiger partial charge in [-0.15, -0.1) is 0 Å². The summed E-state index contributed by atoms with van der Waals surface area (Å²) >= 11 is 0. The Labute approximate surface area is 166 Å². The van der Waals surface area contributed by atoms with Crippen molar-refractivity contribution in [1.82, 2.24) is 10.9 Å². The van der Waals surface area contributed by atoms with Crippen LogP contribution in [-0.4, -0.2) is 25.0 Å². The topological polar surface area (TPSA) is 76.7 Å². The van der Waals surface area contributed by atoms with Gasteiger partial charge in [0.25, 0.3) is 11.8 Å². The van der Waals surface area contributed by atoms with Crippen LogP contribution in [0.5, 0.6) is 11.5 Å². The van der Waals surface area contributed by atoms with Crippen LogP contribution in [0.4, 0.5) is 0 Å². The van der Waals surface area contributed by atoms with Gasteiger partial charge in [-0.2, -0.15) is 0 Å². The number of hydrogen-bond acceptors (Lipinski definition) is 4. The summed E-state index contributed by atoms with van der Waals surface area (Å²) in [6.07, 6.45) is 1.88. The molecule has 0 unspecified atom stereocenters. The van der Waals surface area contributed by atoms with Gasteiger partial charge in [0, 0.05) is 5.56 Å². The molecule has 0 saturated carbocycles. The molecule has 0 heterocycles. The summed E-state index contributed by atoms with van der Waals surface area (Å²) in [6.45, 7) is 6.72. The van der Waals surface area contributed by atoms with Crippen molar-refractivity contribution >= 4 is 11.8 Å². The summed E-state index contributed by atoms with van der Waals surface area (Å²) in [5.41, 5.74) is 6.32. The Hall–Kier alpha value is -3.02.